The van der Waals surface area contributed by atoms with E-state index in [4.69, 9.17) is 0 Å². The van der Waals surface area contributed by atoms with Crippen LogP contribution in [0, 0.1) is 0 Å². The van der Waals surface area contributed by atoms with Crippen LogP contribution in [0.15, 0.2) is 28.7 Å². The highest BCUT2D eigenvalue weighted by Gasteiger charge is 2.14. The minimum atomic E-state index is -0.142. The number of carbonyl (C=O) groups is 1. The van der Waals surface area contributed by atoms with Crippen LogP contribution in [-0.2, 0) is 0 Å². The van der Waals surface area contributed by atoms with E-state index in [-0.39, 0.29) is 12.1 Å². The fraction of sp³-hybridized carbons (Fsp3) is 0.417. The fourth-order valence-corrected chi connectivity index (χ4v) is 2.29. The molecule has 0 bridgehead atoms. The first-order valence-electron chi connectivity index (χ1n) is 5.78. The Morgan fingerprint density at radius 1 is 1.47 bits per heavy atom. The van der Waals surface area contributed by atoms with Crippen molar-refractivity contribution in [3.05, 3.63) is 28.7 Å². The summed E-state index contributed by atoms with van der Waals surface area (Å²) < 4.78 is 0.953. The van der Waals surface area contributed by atoms with Gasteiger partial charge in [0.2, 0.25) is 0 Å². The second kappa shape index (κ2) is 6.02. The molecule has 1 heterocycles. The Hall–Kier alpha value is -1.07. The number of carbonyl (C=O) groups excluding carboxylic acids is 1. The Morgan fingerprint density at radius 2 is 2.35 bits per heavy atom. The summed E-state index contributed by atoms with van der Waals surface area (Å²) in [6.07, 6.45) is 2.15. The molecule has 0 spiro atoms. The van der Waals surface area contributed by atoms with Crippen molar-refractivity contribution in [3.8, 4) is 0 Å². The molecule has 4 nitrogen and oxygen atoms in total. The van der Waals surface area contributed by atoms with Gasteiger partial charge in [0.1, 0.15) is 0 Å². The highest BCUT2D eigenvalue weighted by Crippen LogP contribution is 2.15. The number of nitrogens with one attached hydrogen (secondary N) is 3. The summed E-state index contributed by atoms with van der Waals surface area (Å²) >= 11 is 3.37. The molecule has 1 unspecified atom stereocenters. The summed E-state index contributed by atoms with van der Waals surface area (Å²) in [4.78, 5) is 11.7. The third-order valence-corrected chi connectivity index (χ3v) is 3.21. The maximum absolute atomic E-state index is 11.7. The van der Waals surface area contributed by atoms with Crippen molar-refractivity contribution in [2.24, 2.45) is 0 Å². The van der Waals surface area contributed by atoms with Crippen LogP contribution in [0.3, 0.4) is 0 Å². The number of anilines is 1. The molecule has 1 aliphatic rings. The van der Waals surface area contributed by atoms with Gasteiger partial charge in [-0.05, 0) is 37.6 Å². The summed E-state index contributed by atoms with van der Waals surface area (Å²) in [5.41, 5.74) is 0.792. The lowest BCUT2D eigenvalue weighted by atomic mass is 10.1. The molecule has 1 aromatic carbocycles. The number of benzene rings is 1. The molecule has 1 aromatic rings. The van der Waals surface area contributed by atoms with Gasteiger partial charge in [-0.2, -0.15) is 0 Å². The number of rotatable bonds is 2. The zero-order valence-electron chi connectivity index (χ0n) is 9.50. The van der Waals surface area contributed by atoms with Crippen molar-refractivity contribution in [2.45, 2.75) is 18.9 Å². The average Bonchev–Trinajstić information content (AvgIpc) is 2.30. The number of piperidine rings is 1. The van der Waals surface area contributed by atoms with Crippen LogP contribution in [0.4, 0.5) is 10.5 Å². The second-order valence-electron chi connectivity index (χ2n) is 4.15. The molecular formula is C12H16BrN3O. The van der Waals surface area contributed by atoms with E-state index in [1.165, 1.54) is 0 Å². The first-order chi connectivity index (χ1) is 8.24. The van der Waals surface area contributed by atoms with Gasteiger partial charge in [-0.3, -0.25) is 0 Å². The van der Waals surface area contributed by atoms with Crippen LogP contribution in [0.1, 0.15) is 12.8 Å². The molecule has 2 amide bonds. The van der Waals surface area contributed by atoms with Gasteiger partial charge in [0.25, 0.3) is 0 Å². The Bertz CT molecular complexity index is 391. The second-order valence-corrected chi connectivity index (χ2v) is 5.07. The van der Waals surface area contributed by atoms with Crippen LogP contribution in [0.2, 0.25) is 0 Å². The molecule has 1 saturated heterocycles. The minimum absolute atomic E-state index is 0.142. The summed E-state index contributed by atoms with van der Waals surface area (Å²) in [5, 5.41) is 9.04. The number of halogens is 1. The largest absolute Gasteiger partial charge is 0.334 e. The monoisotopic (exact) mass is 297 g/mol. The Labute approximate surface area is 109 Å². The molecule has 2 rings (SSSR count). The minimum Gasteiger partial charge on any atom is -0.334 e. The molecule has 0 aromatic heterocycles. The van der Waals surface area contributed by atoms with Crippen molar-refractivity contribution in [1.82, 2.24) is 10.6 Å². The molecule has 0 radical (unpaired) electrons. The Kier molecular flexibility index (Phi) is 4.39. The highest BCUT2D eigenvalue weighted by atomic mass is 79.9. The van der Waals surface area contributed by atoms with E-state index in [1.54, 1.807) is 0 Å². The maximum atomic E-state index is 11.7. The van der Waals surface area contributed by atoms with Gasteiger partial charge >= 0.3 is 6.03 Å². The van der Waals surface area contributed by atoms with Crippen molar-refractivity contribution in [2.75, 3.05) is 18.4 Å². The average molecular weight is 298 g/mol. The van der Waals surface area contributed by atoms with Crippen molar-refractivity contribution in [1.29, 1.82) is 0 Å². The molecule has 0 aliphatic carbocycles. The van der Waals surface area contributed by atoms with Crippen LogP contribution < -0.4 is 16.0 Å². The van der Waals surface area contributed by atoms with Crippen molar-refractivity contribution < 1.29 is 4.79 Å². The van der Waals surface area contributed by atoms with Crippen LogP contribution in [0.25, 0.3) is 0 Å². The summed E-state index contributed by atoms with van der Waals surface area (Å²) in [5.74, 6) is 0. The summed E-state index contributed by atoms with van der Waals surface area (Å²) in [7, 11) is 0. The van der Waals surface area contributed by atoms with Crippen molar-refractivity contribution >= 4 is 27.6 Å². The van der Waals surface area contributed by atoms with E-state index >= 15 is 0 Å². The lowest BCUT2D eigenvalue weighted by Crippen LogP contribution is -2.47. The SMILES string of the molecule is O=C(Nc1cccc(Br)c1)NC1CCCNC1. The molecular weight excluding hydrogens is 282 g/mol. The smallest absolute Gasteiger partial charge is 0.319 e. The predicted octanol–water partition coefficient (Wildman–Crippen LogP) is 2.32. The number of urea groups is 1. The third kappa shape index (κ3) is 4.02. The molecule has 5 heteroatoms. The third-order valence-electron chi connectivity index (χ3n) is 2.71. The summed E-state index contributed by atoms with van der Waals surface area (Å²) in [6, 6.07) is 7.64. The lowest BCUT2D eigenvalue weighted by molar-refractivity contribution is 0.245. The lowest BCUT2D eigenvalue weighted by Gasteiger charge is -2.23. The van der Waals surface area contributed by atoms with E-state index < -0.39 is 0 Å². The van der Waals surface area contributed by atoms with Gasteiger partial charge in [0, 0.05) is 22.7 Å². The number of hydrogen-bond donors (Lipinski definition) is 3. The highest BCUT2D eigenvalue weighted by molar-refractivity contribution is 9.10. The Balaban J connectivity index is 1.84. The molecule has 17 heavy (non-hydrogen) atoms. The molecule has 92 valence electrons. The van der Waals surface area contributed by atoms with E-state index in [9.17, 15) is 4.79 Å². The maximum Gasteiger partial charge on any atom is 0.319 e. The molecule has 1 atom stereocenters. The Morgan fingerprint density at radius 3 is 3.06 bits per heavy atom. The summed E-state index contributed by atoms with van der Waals surface area (Å²) in [6.45, 7) is 1.90. The van der Waals surface area contributed by atoms with Crippen LogP contribution in [0.5, 0.6) is 0 Å². The zero-order chi connectivity index (χ0) is 12.1. The van der Waals surface area contributed by atoms with Gasteiger partial charge in [-0.15, -0.1) is 0 Å². The first-order valence-corrected chi connectivity index (χ1v) is 6.57. The van der Waals surface area contributed by atoms with Crippen molar-refractivity contribution in [3.63, 3.8) is 0 Å². The standard InChI is InChI=1S/C12H16BrN3O/c13-9-3-1-4-10(7-9)15-12(17)16-11-5-2-6-14-8-11/h1,3-4,7,11,14H,2,5-6,8H2,(H2,15,16,17). The quantitative estimate of drug-likeness (QED) is 0.785. The van der Waals surface area contributed by atoms with Gasteiger partial charge < -0.3 is 16.0 Å². The number of hydrogen-bond acceptors (Lipinski definition) is 2. The fourth-order valence-electron chi connectivity index (χ4n) is 1.89. The van der Waals surface area contributed by atoms with Gasteiger partial charge in [-0.25, -0.2) is 4.79 Å². The normalized spacial score (nSPS) is 19.7. The number of amides is 2. The molecule has 1 fully saturated rings. The molecule has 1 aliphatic heterocycles. The van der Waals surface area contributed by atoms with Gasteiger partial charge in [0.05, 0.1) is 0 Å². The topological polar surface area (TPSA) is 53.2 Å². The van der Waals surface area contributed by atoms with E-state index in [1.807, 2.05) is 24.3 Å². The van der Waals surface area contributed by atoms with E-state index in [0.29, 0.717) is 0 Å². The first kappa shape index (κ1) is 12.4. The molecule has 0 saturated carbocycles. The molecule has 3 N–H and O–H groups in total. The van der Waals surface area contributed by atoms with E-state index in [0.717, 1.165) is 36.1 Å². The van der Waals surface area contributed by atoms with E-state index in [2.05, 4.69) is 31.9 Å². The van der Waals surface area contributed by atoms with Gasteiger partial charge in [-0.1, -0.05) is 22.0 Å². The van der Waals surface area contributed by atoms with Crippen LogP contribution in [-0.4, -0.2) is 25.2 Å². The predicted molar refractivity (Wildman–Crippen MR) is 72.2 cm³/mol. The van der Waals surface area contributed by atoms with Crippen LogP contribution >= 0.6 is 15.9 Å². The zero-order valence-corrected chi connectivity index (χ0v) is 11.1. The van der Waals surface area contributed by atoms with Gasteiger partial charge in [0.15, 0.2) is 0 Å².